The number of hydrogen-bond acceptors (Lipinski definition) is 6. The third-order valence-electron chi connectivity index (χ3n) is 7.11. The number of hydrogen-bond donors (Lipinski definition) is 0. The first kappa shape index (κ1) is 26.5. The summed E-state index contributed by atoms with van der Waals surface area (Å²) in [6.45, 7) is 1.43. The summed E-state index contributed by atoms with van der Waals surface area (Å²) in [7, 11) is 3.31. The normalized spacial score (nSPS) is 13.2. The van der Waals surface area contributed by atoms with Gasteiger partial charge in [0.05, 0.1) is 19.1 Å². The molecular formula is C35H28O5S. The van der Waals surface area contributed by atoms with Crippen molar-refractivity contribution in [1.82, 2.24) is 0 Å². The van der Waals surface area contributed by atoms with E-state index in [1.807, 2.05) is 103 Å². The minimum absolute atomic E-state index is 0.378. The lowest BCUT2D eigenvalue weighted by Crippen LogP contribution is -2.34. The Morgan fingerprint density at radius 2 is 1.29 bits per heavy atom. The lowest BCUT2D eigenvalue weighted by molar-refractivity contribution is -0.131. The Morgan fingerprint density at radius 3 is 1.85 bits per heavy atom. The molecule has 1 heterocycles. The van der Waals surface area contributed by atoms with Crippen molar-refractivity contribution < 1.29 is 23.7 Å². The predicted molar refractivity (Wildman–Crippen MR) is 162 cm³/mol. The van der Waals surface area contributed by atoms with Crippen molar-refractivity contribution in [3.63, 3.8) is 0 Å². The fraction of sp³-hybridized carbons (Fsp3) is 0.114. The van der Waals surface area contributed by atoms with E-state index in [-0.39, 0.29) is 5.97 Å². The maximum absolute atomic E-state index is 12.3. The van der Waals surface area contributed by atoms with Crippen molar-refractivity contribution in [2.45, 2.75) is 22.3 Å². The van der Waals surface area contributed by atoms with Crippen molar-refractivity contribution >= 4 is 34.6 Å². The molecule has 1 aliphatic heterocycles. The Hall–Kier alpha value is -4.68. The average molecular weight is 561 g/mol. The Bertz CT molecular complexity index is 1700. The average Bonchev–Trinajstić information content (AvgIpc) is 3.03. The van der Waals surface area contributed by atoms with Crippen LogP contribution in [-0.4, -0.2) is 20.2 Å². The highest BCUT2D eigenvalue weighted by Gasteiger charge is 2.39. The van der Waals surface area contributed by atoms with Gasteiger partial charge in [0, 0.05) is 39.3 Å². The first-order chi connectivity index (χ1) is 20.0. The molecular weight excluding hydrogens is 532 g/mol. The molecule has 0 radical (unpaired) electrons. The summed E-state index contributed by atoms with van der Waals surface area (Å²) in [5.41, 5.74) is 1.80. The van der Waals surface area contributed by atoms with Crippen molar-refractivity contribution in [3.05, 3.63) is 126 Å². The van der Waals surface area contributed by atoms with Gasteiger partial charge in [-0.2, -0.15) is 0 Å². The molecule has 1 aliphatic rings. The molecule has 0 saturated heterocycles. The van der Waals surface area contributed by atoms with Gasteiger partial charge in [-0.3, -0.25) is 4.79 Å². The van der Waals surface area contributed by atoms with E-state index >= 15 is 0 Å². The fourth-order valence-electron chi connectivity index (χ4n) is 5.14. The topological polar surface area (TPSA) is 54.0 Å². The Balaban J connectivity index is 1.61. The zero-order valence-corrected chi connectivity index (χ0v) is 23.7. The number of carbonyl (C=O) groups excluding carboxylic acids is 1. The second kappa shape index (κ2) is 11.1. The van der Waals surface area contributed by atoms with Gasteiger partial charge in [0.2, 0.25) is 0 Å². The number of rotatable bonds is 7. The third kappa shape index (κ3) is 4.92. The molecule has 0 atom stereocenters. The van der Waals surface area contributed by atoms with Gasteiger partial charge in [-0.15, -0.1) is 0 Å². The van der Waals surface area contributed by atoms with Gasteiger partial charge in [0.15, 0.2) is 11.4 Å². The fourth-order valence-corrected chi connectivity index (χ4v) is 6.18. The molecule has 0 aromatic heterocycles. The number of methoxy groups -OCH3 is 2. The van der Waals surface area contributed by atoms with Crippen LogP contribution in [0, 0.1) is 0 Å². The van der Waals surface area contributed by atoms with E-state index in [9.17, 15) is 4.79 Å². The molecule has 0 saturated carbocycles. The zero-order chi connectivity index (χ0) is 28.4. The number of carbonyl (C=O) groups is 1. The minimum Gasteiger partial charge on any atom is -0.497 e. The quantitative estimate of drug-likeness (QED) is 0.147. The Morgan fingerprint density at radius 1 is 0.732 bits per heavy atom. The highest BCUT2D eigenvalue weighted by Crippen LogP contribution is 2.53. The molecule has 5 aromatic rings. The molecule has 41 heavy (non-hydrogen) atoms. The molecule has 0 spiro atoms. The SMILES string of the molecule is COc1ccc(C2(c3ccc(OC)cc3)C=Cc3c(Sc4ccccc4)c(OC(C)=O)c4ccccc4c3O2)cc1. The summed E-state index contributed by atoms with van der Waals surface area (Å²) in [5.74, 6) is 2.38. The molecule has 0 bridgehead atoms. The molecule has 0 aliphatic carbocycles. The highest BCUT2D eigenvalue weighted by atomic mass is 32.2. The Labute approximate surface area is 243 Å². The van der Waals surface area contributed by atoms with Crippen LogP contribution in [0.4, 0.5) is 0 Å². The molecule has 0 amide bonds. The van der Waals surface area contributed by atoms with Crippen molar-refractivity contribution in [2.75, 3.05) is 14.2 Å². The van der Waals surface area contributed by atoms with E-state index in [1.165, 1.54) is 6.92 Å². The molecule has 204 valence electrons. The van der Waals surface area contributed by atoms with Crippen LogP contribution in [0.1, 0.15) is 23.6 Å². The van der Waals surface area contributed by atoms with Gasteiger partial charge in [-0.25, -0.2) is 0 Å². The number of benzene rings is 5. The summed E-state index contributed by atoms with van der Waals surface area (Å²) in [6.07, 6.45) is 4.15. The van der Waals surface area contributed by atoms with Crippen molar-refractivity contribution in [1.29, 1.82) is 0 Å². The van der Waals surface area contributed by atoms with Crippen LogP contribution in [0.15, 0.2) is 119 Å². The van der Waals surface area contributed by atoms with E-state index in [0.29, 0.717) is 11.5 Å². The summed E-state index contributed by atoms with van der Waals surface area (Å²) in [6, 6.07) is 33.7. The first-order valence-electron chi connectivity index (χ1n) is 13.2. The van der Waals surface area contributed by atoms with Gasteiger partial charge in [0.1, 0.15) is 17.2 Å². The third-order valence-corrected chi connectivity index (χ3v) is 8.22. The Kier molecular flexibility index (Phi) is 7.16. The van der Waals surface area contributed by atoms with Crippen LogP contribution < -0.4 is 18.9 Å². The van der Waals surface area contributed by atoms with Crippen LogP contribution in [0.2, 0.25) is 0 Å². The van der Waals surface area contributed by atoms with E-state index in [1.54, 1.807) is 26.0 Å². The van der Waals surface area contributed by atoms with E-state index in [4.69, 9.17) is 18.9 Å². The largest absolute Gasteiger partial charge is 0.497 e. The first-order valence-corrected chi connectivity index (χ1v) is 14.0. The van der Waals surface area contributed by atoms with Crippen LogP contribution >= 0.6 is 11.8 Å². The van der Waals surface area contributed by atoms with E-state index in [2.05, 4.69) is 12.2 Å². The standard InChI is InChI=1S/C35H28O5S/c1-23(36)39-33-30-12-8-7-11-29(30)32-31(34(33)41-28-9-5-4-6-10-28)21-22-35(40-32,24-13-17-26(37-2)18-14-24)25-15-19-27(38-3)20-16-25/h4-22H,1-3H3. The molecule has 5 nitrogen and oxygen atoms in total. The maximum Gasteiger partial charge on any atom is 0.308 e. The minimum atomic E-state index is -0.939. The zero-order valence-electron chi connectivity index (χ0n) is 22.9. The van der Waals surface area contributed by atoms with E-state index < -0.39 is 5.60 Å². The van der Waals surface area contributed by atoms with Crippen LogP contribution in [-0.2, 0) is 10.4 Å². The summed E-state index contributed by atoms with van der Waals surface area (Å²) < 4.78 is 23.9. The summed E-state index contributed by atoms with van der Waals surface area (Å²) in [4.78, 5) is 14.1. The summed E-state index contributed by atoms with van der Waals surface area (Å²) in [5, 5.41) is 1.65. The van der Waals surface area contributed by atoms with Crippen LogP contribution in [0.3, 0.4) is 0 Å². The van der Waals surface area contributed by atoms with Crippen LogP contribution in [0.5, 0.6) is 23.0 Å². The lowest BCUT2D eigenvalue weighted by Gasteiger charge is -2.37. The number of esters is 1. The van der Waals surface area contributed by atoms with Crippen molar-refractivity contribution in [3.8, 4) is 23.0 Å². The van der Waals surface area contributed by atoms with Gasteiger partial charge in [0.25, 0.3) is 0 Å². The number of ether oxygens (including phenoxy) is 4. The van der Waals surface area contributed by atoms with Gasteiger partial charge >= 0.3 is 5.97 Å². The molecule has 0 unspecified atom stereocenters. The second-order valence-corrected chi connectivity index (χ2v) is 10.7. The molecule has 5 aromatic carbocycles. The lowest BCUT2D eigenvalue weighted by atomic mass is 9.83. The van der Waals surface area contributed by atoms with E-state index in [0.717, 1.165) is 48.8 Å². The van der Waals surface area contributed by atoms with Crippen molar-refractivity contribution in [2.24, 2.45) is 0 Å². The monoisotopic (exact) mass is 560 g/mol. The molecule has 0 fully saturated rings. The van der Waals surface area contributed by atoms with Gasteiger partial charge in [-0.05, 0) is 48.6 Å². The molecule has 0 N–H and O–H groups in total. The maximum atomic E-state index is 12.3. The smallest absolute Gasteiger partial charge is 0.308 e. The van der Waals surface area contributed by atoms with Gasteiger partial charge < -0.3 is 18.9 Å². The molecule has 6 heteroatoms. The number of fused-ring (bicyclic) bond motifs is 3. The van der Waals surface area contributed by atoms with Gasteiger partial charge in [-0.1, -0.05) is 78.5 Å². The van der Waals surface area contributed by atoms with Crippen LogP contribution in [0.25, 0.3) is 16.8 Å². The molecule has 6 rings (SSSR count). The summed E-state index contributed by atoms with van der Waals surface area (Å²) >= 11 is 1.55. The highest BCUT2D eigenvalue weighted by molar-refractivity contribution is 7.99. The second-order valence-electron chi connectivity index (χ2n) is 9.58. The predicted octanol–water partition coefficient (Wildman–Crippen LogP) is 8.28.